The van der Waals surface area contributed by atoms with Crippen LogP contribution in [0.3, 0.4) is 0 Å². The normalized spacial score (nSPS) is 10.9. The molecule has 1 aromatic carbocycles. The molecule has 2 aromatic rings. The molecule has 6 nitrogen and oxygen atoms in total. The van der Waals surface area contributed by atoms with E-state index in [0.29, 0.717) is 23.9 Å². The maximum atomic E-state index is 12.8. The monoisotopic (exact) mass is 291 g/mol. The number of nitrogens with one attached hydrogen (secondary N) is 1. The van der Waals surface area contributed by atoms with E-state index in [-0.39, 0.29) is 18.3 Å². The van der Waals surface area contributed by atoms with Gasteiger partial charge in [-0.15, -0.1) is 10.2 Å². The summed E-state index contributed by atoms with van der Waals surface area (Å²) in [5, 5.41) is 14.6. The van der Waals surface area contributed by atoms with Crippen molar-refractivity contribution in [3.8, 4) is 11.4 Å². The quantitative estimate of drug-likeness (QED) is 0.878. The number of carbonyl (C=O) groups is 1. The molecular weight excluding hydrogens is 273 g/mol. The maximum Gasteiger partial charge on any atom is 0.243 e. The average Bonchev–Trinajstić information content (AvgIpc) is 2.87. The van der Waals surface area contributed by atoms with E-state index in [2.05, 4.69) is 34.6 Å². The second kappa shape index (κ2) is 6.92. The van der Waals surface area contributed by atoms with Gasteiger partial charge in [-0.3, -0.25) is 4.79 Å². The SMILES string of the molecule is CC(C)CCNC(=O)Cn1nnc(-c2ccc(F)cc2)n1. The lowest BCUT2D eigenvalue weighted by molar-refractivity contribution is -0.122. The topological polar surface area (TPSA) is 72.7 Å². The smallest absolute Gasteiger partial charge is 0.243 e. The summed E-state index contributed by atoms with van der Waals surface area (Å²) in [5.74, 6) is 0.430. The predicted molar refractivity (Wildman–Crippen MR) is 75.7 cm³/mol. The highest BCUT2D eigenvalue weighted by molar-refractivity contribution is 5.75. The van der Waals surface area contributed by atoms with E-state index in [1.165, 1.54) is 16.9 Å². The van der Waals surface area contributed by atoms with Crippen LogP contribution in [0.2, 0.25) is 0 Å². The molecule has 21 heavy (non-hydrogen) atoms. The van der Waals surface area contributed by atoms with Crippen molar-refractivity contribution < 1.29 is 9.18 Å². The highest BCUT2D eigenvalue weighted by Crippen LogP contribution is 2.13. The Morgan fingerprint density at radius 1 is 1.33 bits per heavy atom. The van der Waals surface area contributed by atoms with Gasteiger partial charge in [0.1, 0.15) is 12.4 Å². The van der Waals surface area contributed by atoms with Crippen LogP contribution < -0.4 is 5.32 Å². The number of carbonyl (C=O) groups excluding carboxylic acids is 1. The lowest BCUT2D eigenvalue weighted by Gasteiger charge is -2.06. The van der Waals surface area contributed by atoms with E-state index >= 15 is 0 Å². The molecular formula is C14H18FN5O. The van der Waals surface area contributed by atoms with Crippen LogP contribution >= 0.6 is 0 Å². The van der Waals surface area contributed by atoms with E-state index in [1.807, 2.05) is 0 Å². The molecule has 0 atom stereocenters. The number of tetrazole rings is 1. The zero-order valence-electron chi connectivity index (χ0n) is 12.1. The number of hydrogen-bond acceptors (Lipinski definition) is 4. The van der Waals surface area contributed by atoms with Gasteiger partial charge in [-0.2, -0.15) is 4.80 Å². The molecule has 0 aliphatic heterocycles. The van der Waals surface area contributed by atoms with E-state index in [9.17, 15) is 9.18 Å². The summed E-state index contributed by atoms with van der Waals surface area (Å²) in [4.78, 5) is 12.9. The minimum absolute atomic E-state index is 0.0201. The van der Waals surface area contributed by atoms with Crippen LogP contribution in [0.15, 0.2) is 24.3 Å². The second-order valence-corrected chi connectivity index (χ2v) is 5.18. The molecule has 2 rings (SSSR count). The number of nitrogens with zero attached hydrogens (tertiary/aromatic N) is 4. The molecule has 0 aliphatic carbocycles. The molecule has 0 saturated carbocycles. The van der Waals surface area contributed by atoms with Gasteiger partial charge in [-0.1, -0.05) is 13.8 Å². The number of rotatable bonds is 6. The van der Waals surface area contributed by atoms with Crippen molar-refractivity contribution in [3.05, 3.63) is 30.1 Å². The summed E-state index contributed by atoms with van der Waals surface area (Å²) in [5.41, 5.74) is 0.655. The molecule has 7 heteroatoms. The van der Waals surface area contributed by atoms with Gasteiger partial charge in [0.05, 0.1) is 0 Å². The van der Waals surface area contributed by atoms with Crippen LogP contribution in [0.4, 0.5) is 4.39 Å². The molecule has 0 bridgehead atoms. The Balaban J connectivity index is 1.91. The van der Waals surface area contributed by atoms with E-state index < -0.39 is 0 Å². The van der Waals surface area contributed by atoms with Crippen molar-refractivity contribution in [2.45, 2.75) is 26.8 Å². The molecule has 1 aromatic heterocycles. The van der Waals surface area contributed by atoms with Gasteiger partial charge in [0.25, 0.3) is 0 Å². The minimum atomic E-state index is -0.323. The van der Waals surface area contributed by atoms with Crippen LogP contribution in [0.1, 0.15) is 20.3 Å². The Morgan fingerprint density at radius 2 is 2.05 bits per heavy atom. The maximum absolute atomic E-state index is 12.8. The number of hydrogen-bond donors (Lipinski definition) is 1. The molecule has 1 heterocycles. The molecule has 1 amide bonds. The third-order valence-corrected chi connectivity index (χ3v) is 2.88. The average molecular weight is 291 g/mol. The first kappa shape index (κ1) is 15.1. The fourth-order valence-electron chi connectivity index (χ4n) is 1.71. The van der Waals surface area contributed by atoms with Crippen molar-refractivity contribution in [3.63, 3.8) is 0 Å². The first-order chi connectivity index (χ1) is 10.0. The highest BCUT2D eigenvalue weighted by atomic mass is 19.1. The Kier molecular flexibility index (Phi) is 4.97. The van der Waals surface area contributed by atoms with E-state index in [4.69, 9.17) is 0 Å². The third-order valence-electron chi connectivity index (χ3n) is 2.88. The van der Waals surface area contributed by atoms with Gasteiger partial charge in [0, 0.05) is 12.1 Å². The Hall–Kier alpha value is -2.31. The Bertz CT molecular complexity index is 594. The van der Waals surface area contributed by atoms with Gasteiger partial charge in [0.2, 0.25) is 11.7 Å². The lowest BCUT2D eigenvalue weighted by atomic mass is 10.1. The number of benzene rings is 1. The summed E-state index contributed by atoms with van der Waals surface area (Å²) in [6, 6.07) is 5.79. The fraction of sp³-hybridized carbons (Fsp3) is 0.429. The molecule has 1 N–H and O–H groups in total. The van der Waals surface area contributed by atoms with E-state index in [0.717, 1.165) is 6.42 Å². The summed E-state index contributed by atoms with van der Waals surface area (Å²) in [6.45, 7) is 4.85. The number of amides is 1. The minimum Gasteiger partial charge on any atom is -0.354 e. The summed E-state index contributed by atoms with van der Waals surface area (Å²) in [6.07, 6.45) is 0.928. The molecule has 0 unspecified atom stereocenters. The molecule has 0 saturated heterocycles. The molecule has 0 aliphatic rings. The zero-order valence-corrected chi connectivity index (χ0v) is 12.1. The predicted octanol–water partition coefficient (Wildman–Crippen LogP) is 1.64. The van der Waals surface area contributed by atoms with Crippen molar-refractivity contribution >= 4 is 5.91 Å². The summed E-state index contributed by atoms with van der Waals surface area (Å²) in [7, 11) is 0. The van der Waals surface area contributed by atoms with Crippen LogP contribution in [0.5, 0.6) is 0 Å². The molecule has 0 spiro atoms. The van der Waals surface area contributed by atoms with Crippen molar-refractivity contribution in [2.24, 2.45) is 5.92 Å². The van der Waals surface area contributed by atoms with Crippen LogP contribution in [0, 0.1) is 11.7 Å². The Morgan fingerprint density at radius 3 is 2.71 bits per heavy atom. The van der Waals surface area contributed by atoms with Crippen molar-refractivity contribution in [1.82, 2.24) is 25.5 Å². The van der Waals surface area contributed by atoms with Crippen LogP contribution in [-0.4, -0.2) is 32.7 Å². The van der Waals surface area contributed by atoms with Crippen LogP contribution in [-0.2, 0) is 11.3 Å². The van der Waals surface area contributed by atoms with Crippen LogP contribution in [0.25, 0.3) is 11.4 Å². The molecule has 0 radical (unpaired) electrons. The summed E-state index contributed by atoms with van der Waals surface area (Å²) < 4.78 is 12.8. The van der Waals surface area contributed by atoms with Gasteiger partial charge in [-0.25, -0.2) is 4.39 Å². The molecule has 112 valence electrons. The Labute approximate surface area is 122 Å². The third kappa shape index (κ3) is 4.62. The number of halogens is 1. The fourth-order valence-corrected chi connectivity index (χ4v) is 1.71. The molecule has 0 fully saturated rings. The lowest BCUT2D eigenvalue weighted by Crippen LogP contribution is -2.29. The first-order valence-electron chi connectivity index (χ1n) is 6.85. The first-order valence-corrected chi connectivity index (χ1v) is 6.85. The van der Waals surface area contributed by atoms with Gasteiger partial charge in [-0.05, 0) is 41.8 Å². The second-order valence-electron chi connectivity index (χ2n) is 5.18. The van der Waals surface area contributed by atoms with Gasteiger partial charge >= 0.3 is 0 Å². The van der Waals surface area contributed by atoms with Gasteiger partial charge < -0.3 is 5.32 Å². The standard InChI is InChI=1S/C14H18FN5O/c1-10(2)7-8-16-13(21)9-20-18-14(17-19-20)11-3-5-12(15)6-4-11/h3-6,10H,7-9H2,1-2H3,(H,16,21). The largest absolute Gasteiger partial charge is 0.354 e. The van der Waals surface area contributed by atoms with Crippen molar-refractivity contribution in [2.75, 3.05) is 6.54 Å². The zero-order chi connectivity index (χ0) is 15.2. The highest BCUT2D eigenvalue weighted by Gasteiger charge is 2.09. The van der Waals surface area contributed by atoms with E-state index in [1.54, 1.807) is 12.1 Å². The summed E-state index contributed by atoms with van der Waals surface area (Å²) >= 11 is 0. The van der Waals surface area contributed by atoms with Gasteiger partial charge in [0.15, 0.2) is 0 Å². The van der Waals surface area contributed by atoms with Crippen molar-refractivity contribution in [1.29, 1.82) is 0 Å². The number of aromatic nitrogens is 4.